The summed E-state index contributed by atoms with van der Waals surface area (Å²) in [5.74, 6) is 0.753. The predicted octanol–water partition coefficient (Wildman–Crippen LogP) is 2.27. The Morgan fingerprint density at radius 2 is 2.12 bits per heavy atom. The Kier molecular flexibility index (Phi) is 5.80. The van der Waals surface area contributed by atoms with Crippen LogP contribution in [0.5, 0.6) is 5.75 Å². The molecule has 90 valence electrons. The quantitative estimate of drug-likeness (QED) is 0.815. The van der Waals surface area contributed by atoms with Crippen LogP contribution in [-0.2, 0) is 6.61 Å². The summed E-state index contributed by atoms with van der Waals surface area (Å²) in [4.78, 5) is 2.12. The molecule has 3 nitrogen and oxygen atoms in total. The Morgan fingerprint density at radius 3 is 2.75 bits per heavy atom. The Bertz CT molecular complexity index is 329. The summed E-state index contributed by atoms with van der Waals surface area (Å²) < 4.78 is 6.57. The first-order valence-electron chi connectivity index (χ1n) is 5.31. The average Bonchev–Trinajstić information content (AvgIpc) is 2.25. The van der Waals surface area contributed by atoms with Crippen molar-refractivity contribution in [2.75, 3.05) is 27.2 Å². The van der Waals surface area contributed by atoms with Crippen molar-refractivity contribution in [1.29, 1.82) is 0 Å². The van der Waals surface area contributed by atoms with Crippen LogP contribution in [0.25, 0.3) is 0 Å². The normalized spacial score (nSPS) is 10.8. The molecule has 0 aliphatic heterocycles. The van der Waals surface area contributed by atoms with Gasteiger partial charge in [0.25, 0.3) is 0 Å². The molecule has 0 bridgehead atoms. The molecular weight excluding hydrogens is 270 g/mol. The van der Waals surface area contributed by atoms with Gasteiger partial charge in [0, 0.05) is 12.1 Å². The molecule has 0 unspecified atom stereocenters. The van der Waals surface area contributed by atoms with E-state index in [0.29, 0.717) is 6.61 Å². The van der Waals surface area contributed by atoms with Crippen molar-refractivity contribution in [3.8, 4) is 5.75 Å². The number of nitrogens with zero attached hydrogens (tertiary/aromatic N) is 1. The molecular formula is C12H18BrNO2. The summed E-state index contributed by atoms with van der Waals surface area (Å²) in [6, 6.07) is 5.68. The van der Waals surface area contributed by atoms with E-state index in [2.05, 4.69) is 20.8 Å². The van der Waals surface area contributed by atoms with Gasteiger partial charge < -0.3 is 14.7 Å². The summed E-state index contributed by atoms with van der Waals surface area (Å²) in [7, 11) is 4.08. The number of hydrogen-bond donors (Lipinski definition) is 1. The van der Waals surface area contributed by atoms with E-state index in [4.69, 9.17) is 4.74 Å². The lowest BCUT2D eigenvalue weighted by molar-refractivity contribution is 0.252. The third kappa shape index (κ3) is 4.12. The standard InChI is InChI=1S/C12H18BrNO2/c1-14(2)7-4-8-16-12-10(9-15)5-3-6-11(12)13/h3,5-6,15H,4,7-9H2,1-2H3. The van der Waals surface area contributed by atoms with Gasteiger partial charge in [-0.05, 0) is 42.5 Å². The van der Waals surface area contributed by atoms with Crippen LogP contribution >= 0.6 is 15.9 Å². The molecule has 0 saturated carbocycles. The highest BCUT2D eigenvalue weighted by atomic mass is 79.9. The molecule has 0 spiro atoms. The van der Waals surface area contributed by atoms with E-state index >= 15 is 0 Å². The number of rotatable bonds is 6. The summed E-state index contributed by atoms with van der Waals surface area (Å²) in [5.41, 5.74) is 0.819. The molecule has 0 radical (unpaired) electrons. The first kappa shape index (κ1) is 13.5. The van der Waals surface area contributed by atoms with Crippen molar-refractivity contribution in [2.24, 2.45) is 0 Å². The minimum atomic E-state index is 0.00243. The Balaban J connectivity index is 2.52. The van der Waals surface area contributed by atoms with Gasteiger partial charge in [-0.2, -0.15) is 0 Å². The maximum absolute atomic E-state index is 9.18. The van der Waals surface area contributed by atoms with Crippen molar-refractivity contribution >= 4 is 15.9 Å². The number of halogens is 1. The highest BCUT2D eigenvalue weighted by Crippen LogP contribution is 2.29. The fourth-order valence-electron chi connectivity index (χ4n) is 1.39. The van der Waals surface area contributed by atoms with Crippen LogP contribution in [0.3, 0.4) is 0 Å². The average molecular weight is 288 g/mol. The smallest absolute Gasteiger partial charge is 0.138 e. The van der Waals surface area contributed by atoms with E-state index in [0.717, 1.165) is 28.8 Å². The van der Waals surface area contributed by atoms with E-state index in [1.165, 1.54) is 0 Å². The number of hydrogen-bond acceptors (Lipinski definition) is 3. The third-order valence-electron chi connectivity index (χ3n) is 2.21. The van der Waals surface area contributed by atoms with Crippen molar-refractivity contribution in [3.05, 3.63) is 28.2 Å². The SMILES string of the molecule is CN(C)CCCOc1c(Br)cccc1CO. The van der Waals surface area contributed by atoms with Gasteiger partial charge in [0.05, 0.1) is 17.7 Å². The molecule has 1 N–H and O–H groups in total. The zero-order valence-corrected chi connectivity index (χ0v) is 11.3. The van der Waals surface area contributed by atoms with Crippen LogP contribution in [0, 0.1) is 0 Å². The summed E-state index contributed by atoms with van der Waals surface area (Å²) in [5, 5.41) is 9.18. The molecule has 16 heavy (non-hydrogen) atoms. The van der Waals surface area contributed by atoms with Crippen LogP contribution in [0.2, 0.25) is 0 Å². The van der Waals surface area contributed by atoms with Crippen LogP contribution in [0.4, 0.5) is 0 Å². The third-order valence-corrected chi connectivity index (χ3v) is 2.84. The number of aliphatic hydroxyl groups excluding tert-OH is 1. The molecule has 0 fully saturated rings. The first-order valence-corrected chi connectivity index (χ1v) is 6.10. The van der Waals surface area contributed by atoms with Crippen LogP contribution in [0.15, 0.2) is 22.7 Å². The number of benzene rings is 1. The number of para-hydroxylation sites is 1. The van der Waals surface area contributed by atoms with Gasteiger partial charge in [-0.1, -0.05) is 12.1 Å². The molecule has 1 rings (SSSR count). The molecule has 1 aromatic carbocycles. The van der Waals surface area contributed by atoms with Gasteiger partial charge >= 0.3 is 0 Å². The van der Waals surface area contributed by atoms with Gasteiger partial charge in [-0.15, -0.1) is 0 Å². The number of ether oxygens (including phenoxy) is 1. The lowest BCUT2D eigenvalue weighted by Crippen LogP contribution is -2.15. The van der Waals surface area contributed by atoms with Gasteiger partial charge in [0.15, 0.2) is 0 Å². The largest absolute Gasteiger partial charge is 0.492 e. The second kappa shape index (κ2) is 6.89. The molecule has 0 aliphatic carbocycles. The molecule has 0 heterocycles. The molecule has 4 heteroatoms. The van der Waals surface area contributed by atoms with E-state index in [1.54, 1.807) is 0 Å². The second-order valence-electron chi connectivity index (χ2n) is 3.89. The van der Waals surface area contributed by atoms with Crippen LogP contribution in [0.1, 0.15) is 12.0 Å². The van der Waals surface area contributed by atoms with Crippen molar-refractivity contribution in [3.63, 3.8) is 0 Å². The first-order chi connectivity index (χ1) is 7.65. The maximum atomic E-state index is 9.18. The predicted molar refractivity (Wildman–Crippen MR) is 68.7 cm³/mol. The van der Waals surface area contributed by atoms with Gasteiger partial charge in [0.1, 0.15) is 5.75 Å². The van der Waals surface area contributed by atoms with Crippen LogP contribution < -0.4 is 4.74 Å². The summed E-state index contributed by atoms with van der Waals surface area (Å²) >= 11 is 3.42. The Labute approximate surface area is 105 Å². The fraction of sp³-hybridized carbons (Fsp3) is 0.500. The molecule has 0 amide bonds. The topological polar surface area (TPSA) is 32.7 Å². The fourth-order valence-corrected chi connectivity index (χ4v) is 1.92. The number of aliphatic hydroxyl groups is 1. The maximum Gasteiger partial charge on any atom is 0.138 e. The van der Waals surface area contributed by atoms with Crippen LogP contribution in [-0.4, -0.2) is 37.3 Å². The Hall–Kier alpha value is -0.580. The van der Waals surface area contributed by atoms with Gasteiger partial charge in [-0.25, -0.2) is 0 Å². The zero-order valence-electron chi connectivity index (χ0n) is 9.74. The highest BCUT2D eigenvalue weighted by Gasteiger charge is 2.06. The Morgan fingerprint density at radius 1 is 1.38 bits per heavy atom. The molecule has 0 aliphatic rings. The summed E-state index contributed by atoms with van der Waals surface area (Å²) in [6.45, 7) is 1.66. The zero-order chi connectivity index (χ0) is 12.0. The molecule has 0 saturated heterocycles. The summed E-state index contributed by atoms with van der Waals surface area (Å²) in [6.07, 6.45) is 0.971. The van der Waals surface area contributed by atoms with Crippen molar-refractivity contribution in [2.45, 2.75) is 13.0 Å². The molecule has 0 aromatic heterocycles. The second-order valence-corrected chi connectivity index (χ2v) is 4.75. The van der Waals surface area contributed by atoms with E-state index in [-0.39, 0.29) is 6.61 Å². The van der Waals surface area contributed by atoms with Crippen molar-refractivity contribution in [1.82, 2.24) is 4.90 Å². The highest BCUT2D eigenvalue weighted by molar-refractivity contribution is 9.10. The van der Waals surface area contributed by atoms with E-state index in [1.807, 2.05) is 32.3 Å². The van der Waals surface area contributed by atoms with E-state index in [9.17, 15) is 5.11 Å². The monoisotopic (exact) mass is 287 g/mol. The van der Waals surface area contributed by atoms with Gasteiger partial charge in [0.2, 0.25) is 0 Å². The molecule has 0 atom stereocenters. The molecule has 1 aromatic rings. The lowest BCUT2D eigenvalue weighted by Gasteiger charge is -2.13. The minimum Gasteiger partial charge on any atom is -0.492 e. The van der Waals surface area contributed by atoms with Gasteiger partial charge in [-0.3, -0.25) is 0 Å². The minimum absolute atomic E-state index is 0.00243. The van der Waals surface area contributed by atoms with Crippen molar-refractivity contribution < 1.29 is 9.84 Å². The lowest BCUT2D eigenvalue weighted by atomic mass is 10.2. The van der Waals surface area contributed by atoms with E-state index < -0.39 is 0 Å².